The summed E-state index contributed by atoms with van der Waals surface area (Å²) in [4.78, 5) is 12.1. The van der Waals surface area contributed by atoms with Gasteiger partial charge in [-0.25, -0.2) is 8.78 Å². The molecule has 3 nitrogen and oxygen atoms in total. The first-order chi connectivity index (χ1) is 9.45. The normalized spacial score (nSPS) is 10.8. The summed E-state index contributed by atoms with van der Waals surface area (Å²) in [6.45, 7) is 1.89. The maximum atomic E-state index is 13.6. The third-order valence-corrected chi connectivity index (χ3v) is 3.52. The van der Waals surface area contributed by atoms with E-state index >= 15 is 0 Å². The van der Waals surface area contributed by atoms with Gasteiger partial charge in [-0.05, 0) is 18.6 Å². The Morgan fingerprint density at radius 2 is 2.10 bits per heavy atom. The summed E-state index contributed by atoms with van der Waals surface area (Å²) in [5.74, 6) is -2.71. The molecule has 0 saturated carbocycles. The highest BCUT2D eigenvalue weighted by atomic mass is 35.5. The maximum absolute atomic E-state index is 13.6. The van der Waals surface area contributed by atoms with Crippen molar-refractivity contribution >= 4 is 17.4 Å². The fourth-order valence-electron chi connectivity index (χ4n) is 1.98. The molecule has 0 saturated heterocycles. The van der Waals surface area contributed by atoms with Crippen LogP contribution in [0.5, 0.6) is 0 Å². The standard InChI is InChI=1S/C14H13ClF2N2O/c1-3-10-13(15)11(19(2)18-10)7-12(20)8-5-4-6-9(16)14(8)17/h4-6H,3,7H2,1-2H3. The van der Waals surface area contributed by atoms with Gasteiger partial charge in [-0.2, -0.15) is 5.10 Å². The molecule has 0 bridgehead atoms. The van der Waals surface area contributed by atoms with Crippen molar-refractivity contribution in [2.24, 2.45) is 7.05 Å². The van der Waals surface area contributed by atoms with E-state index in [0.717, 1.165) is 6.07 Å². The van der Waals surface area contributed by atoms with E-state index in [0.29, 0.717) is 22.8 Å². The van der Waals surface area contributed by atoms with Gasteiger partial charge in [0.05, 0.1) is 28.4 Å². The van der Waals surface area contributed by atoms with Crippen LogP contribution in [0.4, 0.5) is 8.78 Å². The second-order valence-electron chi connectivity index (χ2n) is 4.39. The van der Waals surface area contributed by atoms with Crippen LogP contribution in [0.1, 0.15) is 28.7 Å². The van der Waals surface area contributed by atoms with Gasteiger partial charge < -0.3 is 0 Å². The number of carbonyl (C=O) groups is 1. The molecule has 1 aromatic carbocycles. The number of carbonyl (C=O) groups excluding carboxylic acids is 1. The molecule has 0 N–H and O–H groups in total. The zero-order valence-corrected chi connectivity index (χ0v) is 11.8. The number of hydrogen-bond donors (Lipinski definition) is 0. The molecule has 0 amide bonds. The number of halogens is 3. The zero-order valence-electron chi connectivity index (χ0n) is 11.1. The number of Topliss-reactive ketones (excluding diaryl/α,β-unsaturated/α-hetero) is 1. The highest BCUT2D eigenvalue weighted by molar-refractivity contribution is 6.32. The lowest BCUT2D eigenvalue weighted by molar-refractivity contribution is 0.0986. The average molecular weight is 299 g/mol. The Hall–Kier alpha value is -1.75. The summed E-state index contributed by atoms with van der Waals surface area (Å²) < 4.78 is 28.2. The first-order valence-electron chi connectivity index (χ1n) is 6.13. The van der Waals surface area contributed by atoms with Crippen LogP contribution in [0.3, 0.4) is 0 Å². The number of benzene rings is 1. The molecule has 0 spiro atoms. The van der Waals surface area contributed by atoms with Crippen LogP contribution in [-0.2, 0) is 19.9 Å². The molecule has 0 aliphatic carbocycles. The molecule has 0 aliphatic rings. The van der Waals surface area contributed by atoms with E-state index in [1.54, 1.807) is 7.05 Å². The van der Waals surface area contributed by atoms with Crippen LogP contribution in [0.2, 0.25) is 5.02 Å². The van der Waals surface area contributed by atoms with E-state index in [4.69, 9.17) is 11.6 Å². The minimum Gasteiger partial charge on any atom is -0.294 e. The zero-order chi connectivity index (χ0) is 14.9. The van der Waals surface area contributed by atoms with Crippen LogP contribution >= 0.6 is 11.6 Å². The van der Waals surface area contributed by atoms with Crippen LogP contribution in [0.25, 0.3) is 0 Å². The molecular formula is C14H13ClF2N2O. The topological polar surface area (TPSA) is 34.9 Å². The van der Waals surface area contributed by atoms with Gasteiger partial charge in [-0.1, -0.05) is 24.6 Å². The Morgan fingerprint density at radius 3 is 2.70 bits per heavy atom. The van der Waals surface area contributed by atoms with Gasteiger partial charge in [0, 0.05) is 7.05 Å². The first kappa shape index (κ1) is 14.7. The van der Waals surface area contributed by atoms with Gasteiger partial charge in [-0.15, -0.1) is 0 Å². The van der Waals surface area contributed by atoms with Crippen LogP contribution in [0.15, 0.2) is 18.2 Å². The Balaban J connectivity index is 2.33. The Labute approximate surface area is 120 Å². The quantitative estimate of drug-likeness (QED) is 0.812. The van der Waals surface area contributed by atoms with Crippen LogP contribution in [0, 0.1) is 11.6 Å². The molecule has 2 aromatic rings. The van der Waals surface area contributed by atoms with Crippen molar-refractivity contribution in [2.75, 3.05) is 0 Å². The molecule has 0 radical (unpaired) electrons. The van der Waals surface area contributed by atoms with E-state index in [9.17, 15) is 13.6 Å². The highest BCUT2D eigenvalue weighted by Crippen LogP contribution is 2.23. The third-order valence-electron chi connectivity index (χ3n) is 3.08. The second-order valence-corrected chi connectivity index (χ2v) is 4.76. The van der Waals surface area contributed by atoms with Crippen molar-refractivity contribution in [1.29, 1.82) is 0 Å². The molecule has 106 valence electrons. The van der Waals surface area contributed by atoms with Gasteiger partial charge in [0.15, 0.2) is 17.4 Å². The van der Waals surface area contributed by atoms with E-state index in [2.05, 4.69) is 5.10 Å². The van der Waals surface area contributed by atoms with Gasteiger partial charge in [0.25, 0.3) is 0 Å². The molecule has 0 fully saturated rings. The predicted octanol–water partition coefficient (Wildman–Crippen LogP) is 3.34. The number of ketones is 1. The first-order valence-corrected chi connectivity index (χ1v) is 6.51. The summed E-state index contributed by atoms with van der Waals surface area (Å²) in [6.07, 6.45) is 0.512. The SMILES string of the molecule is CCc1nn(C)c(CC(=O)c2cccc(F)c2F)c1Cl. The molecule has 20 heavy (non-hydrogen) atoms. The van der Waals surface area contributed by atoms with Crippen molar-refractivity contribution in [1.82, 2.24) is 9.78 Å². The fourth-order valence-corrected chi connectivity index (χ4v) is 2.34. The Kier molecular flexibility index (Phi) is 4.18. The third kappa shape index (κ3) is 2.58. The number of hydrogen-bond acceptors (Lipinski definition) is 2. The van der Waals surface area contributed by atoms with Gasteiger partial charge in [0.2, 0.25) is 0 Å². The molecule has 2 rings (SSSR count). The van der Waals surface area contributed by atoms with Crippen LogP contribution in [-0.4, -0.2) is 15.6 Å². The molecule has 1 heterocycles. The summed E-state index contributed by atoms with van der Waals surface area (Å²) in [7, 11) is 1.66. The smallest absolute Gasteiger partial charge is 0.171 e. The predicted molar refractivity (Wildman–Crippen MR) is 72.0 cm³/mol. The number of nitrogens with zero attached hydrogens (tertiary/aromatic N) is 2. The Bertz CT molecular complexity index is 667. The fraction of sp³-hybridized carbons (Fsp3) is 0.286. The van der Waals surface area contributed by atoms with Crippen LogP contribution < -0.4 is 0 Å². The average Bonchev–Trinajstić information content (AvgIpc) is 2.69. The van der Waals surface area contributed by atoms with Crippen molar-refractivity contribution in [3.8, 4) is 0 Å². The lowest BCUT2D eigenvalue weighted by atomic mass is 10.1. The number of rotatable bonds is 4. The van der Waals surface area contributed by atoms with E-state index in [1.807, 2.05) is 6.92 Å². The van der Waals surface area contributed by atoms with Crippen molar-refractivity contribution < 1.29 is 13.6 Å². The lowest BCUT2D eigenvalue weighted by Gasteiger charge is -2.04. The number of aromatic nitrogens is 2. The maximum Gasteiger partial charge on any atom is 0.171 e. The molecule has 0 atom stereocenters. The summed E-state index contributed by atoms with van der Waals surface area (Å²) in [5, 5.41) is 4.58. The van der Waals surface area contributed by atoms with Gasteiger partial charge in [-0.3, -0.25) is 9.48 Å². The monoisotopic (exact) mass is 298 g/mol. The second kappa shape index (κ2) is 5.71. The molecular weight excluding hydrogens is 286 g/mol. The van der Waals surface area contributed by atoms with Gasteiger partial charge >= 0.3 is 0 Å². The van der Waals surface area contributed by atoms with Gasteiger partial charge in [0.1, 0.15) is 0 Å². The van der Waals surface area contributed by atoms with E-state index < -0.39 is 17.4 Å². The van der Waals surface area contributed by atoms with E-state index in [-0.39, 0.29) is 12.0 Å². The summed E-state index contributed by atoms with van der Waals surface area (Å²) in [5.41, 5.74) is 0.897. The summed E-state index contributed by atoms with van der Waals surface area (Å²) >= 11 is 6.13. The molecule has 0 aliphatic heterocycles. The Morgan fingerprint density at radius 1 is 1.40 bits per heavy atom. The number of aryl methyl sites for hydroxylation is 2. The minimum absolute atomic E-state index is 0.122. The van der Waals surface area contributed by atoms with E-state index in [1.165, 1.54) is 16.8 Å². The molecule has 1 aromatic heterocycles. The molecule has 0 unspecified atom stereocenters. The highest BCUT2D eigenvalue weighted by Gasteiger charge is 2.20. The minimum atomic E-state index is -1.13. The van der Waals surface area contributed by atoms with Crippen molar-refractivity contribution in [3.63, 3.8) is 0 Å². The van der Waals surface area contributed by atoms with Crippen molar-refractivity contribution in [2.45, 2.75) is 19.8 Å². The lowest BCUT2D eigenvalue weighted by Crippen LogP contribution is -2.10. The van der Waals surface area contributed by atoms with Crippen molar-refractivity contribution in [3.05, 3.63) is 51.8 Å². The largest absolute Gasteiger partial charge is 0.294 e. The molecule has 6 heteroatoms. The summed E-state index contributed by atoms with van der Waals surface area (Å²) in [6, 6.07) is 3.53.